The number of aliphatic carboxylic acids is 2. The van der Waals surface area contributed by atoms with Gasteiger partial charge in [0.05, 0.1) is 25.5 Å². The first-order valence-electron chi connectivity index (χ1n) is 8.98. The summed E-state index contributed by atoms with van der Waals surface area (Å²) >= 11 is 0. The third kappa shape index (κ3) is 6.97. The molecule has 0 unspecified atom stereocenters. The number of primary amides is 1. The summed E-state index contributed by atoms with van der Waals surface area (Å²) in [6, 6.07) is -5.73. The number of carbonyl (C=O) groups is 6. The zero-order valence-electron chi connectivity index (χ0n) is 15.9. The summed E-state index contributed by atoms with van der Waals surface area (Å²) in [6.07, 6.45) is -0.781. The van der Waals surface area contributed by atoms with E-state index in [1.165, 1.54) is 0 Å². The van der Waals surface area contributed by atoms with Gasteiger partial charge in [-0.15, -0.1) is 0 Å². The third-order valence-corrected chi connectivity index (χ3v) is 4.39. The highest BCUT2D eigenvalue weighted by Gasteiger charge is 2.38. The van der Waals surface area contributed by atoms with E-state index in [0.29, 0.717) is 6.42 Å². The van der Waals surface area contributed by atoms with Crippen molar-refractivity contribution in [3.05, 3.63) is 0 Å². The summed E-state index contributed by atoms with van der Waals surface area (Å²) in [7, 11) is 0. The van der Waals surface area contributed by atoms with Crippen LogP contribution in [0.1, 0.15) is 25.7 Å². The van der Waals surface area contributed by atoms with E-state index in [2.05, 4.69) is 10.6 Å². The van der Waals surface area contributed by atoms with Crippen molar-refractivity contribution in [3.63, 3.8) is 0 Å². The molecule has 14 nitrogen and oxygen atoms in total. The average Bonchev–Trinajstić information content (AvgIpc) is 3.13. The Kier molecular flexibility index (Phi) is 9.14. The Balaban J connectivity index is 2.88. The summed E-state index contributed by atoms with van der Waals surface area (Å²) in [4.78, 5) is 71.1. The number of carboxylic acids is 2. The molecule has 0 aromatic rings. The molecule has 1 fully saturated rings. The van der Waals surface area contributed by atoms with Gasteiger partial charge >= 0.3 is 11.9 Å². The first-order valence-corrected chi connectivity index (χ1v) is 8.98. The minimum Gasteiger partial charge on any atom is -0.481 e. The molecule has 9 N–H and O–H groups in total. The van der Waals surface area contributed by atoms with Crippen LogP contribution >= 0.6 is 0 Å². The lowest BCUT2D eigenvalue weighted by Gasteiger charge is -2.27. The smallest absolute Gasteiger partial charge is 0.326 e. The highest BCUT2D eigenvalue weighted by atomic mass is 16.4. The molecule has 0 saturated carbocycles. The molecule has 4 atom stereocenters. The van der Waals surface area contributed by atoms with Crippen LogP contribution in [0.5, 0.6) is 0 Å². The van der Waals surface area contributed by atoms with Gasteiger partial charge in [-0.3, -0.25) is 24.0 Å². The molecule has 0 aromatic carbocycles. The monoisotopic (exact) mass is 431 g/mol. The molecular weight excluding hydrogens is 406 g/mol. The predicted octanol–water partition coefficient (Wildman–Crippen LogP) is -4.30. The molecule has 0 radical (unpaired) electrons. The van der Waals surface area contributed by atoms with Gasteiger partial charge in [0.1, 0.15) is 18.1 Å². The maximum absolute atomic E-state index is 12.5. The largest absolute Gasteiger partial charge is 0.481 e. The number of carboxylic acid groups (broad SMARTS) is 2. The predicted molar refractivity (Wildman–Crippen MR) is 97.4 cm³/mol. The van der Waals surface area contributed by atoms with Crippen LogP contribution in [-0.2, 0) is 28.8 Å². The maximum Gasteiger partial charge on any atom is 0.326 e. The van der Waals surface area contributed by atoms with Crippen molar-refractivity contribution >= 4 is 35.6 Å². The normalized spacial score (nSPS) is 18.7. The van der Waals surface area contributed by atoms with E-state index in [4.69, 9.17) is 16.6 Å². The standard InChI is InChI=1S/C16H25N5O9/c17-7(4-12(24)25)13(26)19-8(5-11(18)23)14(27)20-9(6-22)15(28)21-3-1-2-10(21)16(29)30/h7-10,22H,1-6,17H2,(H2,18,23)(H,19,26)(H,20,27)(H,24,25)(H,29,30)/t7-,8-,9-,10-/m0/s1. The quantitative estimate of drug-likeness (QED) is 0.166. The van der Waals surface area contributed by atoms with Crippen molar-refractivity contribution in [3.8, 4) is 0 Å². The number of nitrogens with one attached hydrogen (secondary N) is 2. The molecule has 14 heteroatoms. The first-order chi connectivity index (χ1) is 14.0. The zero-order chi connectivity index (χ0) is 23.0. The van der Waals surface area contributed by atoms with E-state index < -0.39 is 79.2 Å². The van der Waals surface area contributed by atoms with Gasteiger partial charge in [-0.25, -0.2) is 4.79 Å². The molecule has 168 valence electrons. The first kappa shape index (κ1) is 24.8. The third-order valence-electron chi connectivity index (χ3n) is 4.39. The Morgan fingerprint density at radius 3 is 2.10 bits per heavy atom. The van der Waals surface area contributed by atoms with Gasteiger partial charge in [-0.05, 0) is 12.8 Å². The fourth-order valence-electron chi connectivity index (χ4n) is 2.92. The second-order valence-electron chi connectivity index (χ2n) is 6.71. The highest BCUT2D eigenvalue weighted by Crippen LogP contribution is 2.18. The van der Waals surface area contributed by atoms with Gasteiger partial charge in [0, 0.05) is 6.54 Å². The summed E-state index contributed by atoms with van der Waals surface area (Å²) in [5.74, 6) is -6.53. The lowest BCUT2D eigenvalue weighted by atomic mass is 10.1. The van der Waals surface area contributed by atoms with Crippen LogP contribution in [0.25, 0.3) is 0 Å². The van der Waals surface area contributed by atoms with Crippen molar-refractivity contribution < 1.29 is 44.1 Å². The Bertz CT molecular complexity index is 713. The summed E-state index contributed by atoms with van der Waals surface area (Å²) < 4.78 is 0. The van der Waals surface area contributed by atoms with Crippen molar-refractivity contribution in [2.75, 3.05) is 13.2 Å². The van der Waals surface area contributed by atoms with Crippen LogP contribution in [0.15, 0.2) is 0 Å². The highest BCUT2D eigenvalue weighted by molar-refractivity contribution is 5.96. The summed E-state index contributed by atoms with van der Waals surface area (Å²) in [5, 5.41) is 31.6. The molecule has 4 amide bonds. The molecule has 1 saturated heterocycles. The molecule has 30 heavy (non-hydrogen) atoms. The molecular formula is C16H25N5O9. The molecule has 1 rings (SSSR count). The second-order valence-corrected chi connectivity index (χ2v) is 6.71. The molecule has 1 aliphatic heterocycles. The zero-order valence-corrected chi connectivity index (χ0v) is 15.9. The minimum atomic E-state index is -1.59. The van der Waals surface area contributed by atoms with Gasteiger partial charge < -0.3 is 42.3 Å². The molecule has 0 aromatic heterocycles. The number of nitrogens with two attached hydrogens (primary N) is 2. The van der Waals surface area contributed by atoms with Gasteiger partial charge in [-0.1, -0.05) is 0 Å². The molecule has 0 spiro atoms. The van der Waals surface area contributed by atoms with E-state index in [1.807, 2.05) is 0 Å². The van der Waals surface area contributed by atoms with E-state index in [9.17, 15) is 39.0 Å². The lowest BCUT2D eigenvalue weighted by molar-refractivity contribution is -0.150. The number of aliphatic hydroxyl groups is 1. The fraction of sp³-hybridized carbons (Fsp3) is 0.625. The van der Waals surface area contributed by atoms with E-state index in [-0.39, 0.29) is 13.0 Å². The van der Waals surface area contributed by atoms with Crippen LogP contribution in [-0.4, -0.2) is 93.1 Å². The van der Waals surface area contributed by atoms with Crippen molar-refractivity contribution in [2.45, 2.75) is 49.9 Å². The molecule has 1 heterocycles. The number of rotatable bonds is 11. The SMILES string of the molecule is NC(=O)C[C@H](NC(=O)[C@@H](N)CC(=O)O)C(=O)N[C@@H](CO)C(=O)N1CCC[C@H]1C(=O)O. The van der Waals surface area contributed by atoms with Gasteiger partial charge in [0.15, 0.2) is 0 Å². The summed E-state index contributed by atoms with van der Waals surface area (Å²) in [6.45, 7) is -0.753. The van der Waals surface area contributed by atoms with Crippen molar-refractivity contribution in [1.29, 1.82) is 0 Å². The number of likely N-dealkylation sites (tertiary alicyclic amines) is 1. The van der Waals surface area contributed by atoms with E-state index in [0.717, 1.165) is 4.90 Å². The van der Waals surface area contributed by atoms with Crippen LogP contribution in [0.3, 0.4) is 0 Å². The topological polar surface area (TPSA) is 242 Å². The number of carbonyl (C=O) groups excluding carboxylic acids is 4. The average molecular weight is 431 g/mol. The Morgan fingerprint density at radius 1 is 1.00 bits per heavy atom. The number of aliphatic hydroxyl groups excluding tert-OH is 1. The Hall–Kier alpha value is -3.26. The molecule has 0 bridgehead atoms. The fourth-order valence-corrected chi connectivity index (χ4v) is 2.92. The number of hydrogen-bond acceptors (Lipinski definition) is 8. The van der Waals surface area contributed by atoms with Crippen LogP contribution in [0, 0.1) is 0 Å². The van der Waals surface area contributed by atoms with Gasteiger partial charge in [0.25, 0.3) is 0 Å². The van der Waals surface area contributed by atoms with E-state index >= 15 is 0 Å². The van der Waals surface area contributed by atoms with Crippen LogP contribution < -0.4 is 22.1 Å². The van der Waals surface area contributed by atoms with Crippen molar-refractivity contribution in [1.82, 2.24) is 15.5 Å². The molecule has 0 aliphatic carbocycles. The van der Waals surface area contributed by atoms with Crippen molar-refractivity contribution in [2.24, 2.45) is 11.5 Å². The van der Waals surface area contributed by atoms with Crippen LogP contribution in [0.2, 0.25) is 0 Å². The Labute approximate surface area is 170 Å². The van der Waals surface area contributed by atoms with Crippen LogP contribution in [0.4, 0.5) is 0 Å². The molecule has 1 aliphatic rings. The number of nitrogens with zero attached hydrogens (tertiary/aromatic N) is 1. The second kappa shape index (κ2) is 11.1. The van der Waals surface area contributed by atoms with Gasteiger partial charge in [-0.2, -0.15) is 0 Å². The summed E-state index contributed by atoms with van der Waals surface area (Å²) in [5.41, 5.74) is 10.5. The van der Waals surface area contributed by atoms with E-state index in [1.54, 1.807) is 0 Å². The Morgan fingerprint density at radius 2 is 1.60 bits per heavy atom. The minimum absolute atomic E-state index is 0.119. The maximum atomic E-state index is 12.5. The number of amides is 4. The van der Waals surface area contributed by atoms with Gasteiger partial charge in [0.2, 0.25) is 23.6 Å². The number of hydrogen-bond donors (Lipinski definition) is 7. The lowest BCUT2D eigenvalue weighted by Crippen LogP contribution is -2.58.